The number of rotatable bonds is 6. The minimum Gasteiger partial charge on any atom is -0.466 e. The lowest BCUT2D eigenvalue weighted by atomic mass is 10.0. The van der Waals surface area contributed by atoms with Gasteiger partial charge in [-0.15, -0.1) is 0 Å². The standard InChI is InChI=1S/C14H14F4O3/c1-2-21-13(20)5-3-4-12(19)9-6-7-11(15)10(8-9)14(16,17)18/h6-8H,2-5H2,1H3. The fraction of sp³-hybridized carbons (Fsp3) is 0.429. The number of hydrogen-bond donors (Lipinski definition) is 0. The first kappa shape index (κ1) is 17.1. The molecular weight excluding hydrogens is 292 g/mol. The summed E-state index contributed by atoms with van der Waals surface area (Å²) in [5.74, 6) is -2.48. The van der Waals surface area contributed by atoms with Gasteiger partial charge in [-0.3, -0.25) is 9.59 Å². The fourth-order valence-corrected chi connectivity index (χ4v) is 1.69. The average Bonchev–Trinajstić information content (AvgIpc) is 2.38. The van der Waals surface area contributed by atoms with E-state index in [-0.39, 0.29) is 31.4 Å². The average molecular weight is 306 g/mol. The zero-order chi connectivity index (χ0) is 16.0. The van der Waals surface area contributed by atoms with Crippen molar-refractivity contribution in [3.63, 3.8) is 0 Å². The number of esters is 1. The molecule has 0 fully saturated rings. The molecule has 1 aromatic rings. The van der Waals surface area contributed by atoms with Crippen LogP contribution in [0.3, 0.4) is 0 Å². The zero-order valence-corrected chi connectivity index (χ0v) is 11.3. The van der Waals surface area contributed by atoms with Crippen LogP contribution in [0.15, 0.2) is 18.2 Å². The van der Waals surface area contributed by atoms with E-state index in [4.69, 9.17) is 0 Å². The maximum Gasteiger partial charge on any atom is 0.419 e. The number of carbonyl (C=O) groups excluding carboxylic acids is 2. The Balaban J connectivity index is 2.69. The lowest BCUT2D eigenvalue weighted by Crippen LogP contribution is -2.11. The third kappa shape index (κ3) is 5.17. The molecule has 0 saturated heterocycles. The van der Waals surface area contributed by atoms with E-state index < -0.39 is 29.3 Å². The van der Waals surface area contributed by atoms with Gasteiger partial charge >= 0.3 is 12.1 Å². The Morgan fingerprint density at radius 2 is 1.86 bits per heavy atom. The first-order chi connectivity index (χ1) is 9.75. The largest absolute Gasteiger partial charge is 0.466 e. The van der Waals surface area contributed by atoms with E-state index >= 15 is 0 Å². The minimum atomic E-state index is -4.86. The molecule has 7 heteroatoms. The van der Waals surface area contributed by atoms with E-state index in [1.165, 1.54) is 0 Å². The highest BCUT2D eigenvalue weighted by molar-refractivity contribution is 5.96. The number of carbonyl (C=O) groups is 2. The number of alkyl halides is 3. The van der Waals surface area contributed by atoms with E-state index in [2.05, 4.69) is 4.74 Å². The van der Waals surface area contributed by atoms with Gasteiger partial charge in [0.2, 0.25) is 0 Å². The zero-order valence-electron chi connectivity index (χ0n) is 11.3. The first-order valence-corrected chi connectivity index (χ1v) is 6.31. The third-order valence-corrected chi connectivity index (χ3v) is 2.68. The van der Waals surface area contributed by atoms with Gasteiger partial charge in [-0.2, -0.15) is 13.2 Å². The number of Topliss-reactive ketones (excluding diaryl/α,β-unsaturated/α-hetero) is 1. The highest BCUT2D eigenvalue weighted by Gasteiger charge is 2.34. The Morgan fingerprint density at radius 3 is 2.43 bits per heavy atom. The SMILES string of the molecule is CCOC(=O)CCCC(=O)c1ccc(F)c(C(F)(F)F)c1. The van der Waals surface area contributed by atoms with Crippen LogP contribution in [-0.4, -0.2) is 18.4 Å². The predicted octanol–water partition coefficient (Wildman–Crippen LogP) is 3.76. The fourth-order valence-electron chi connectivity index (χ4n) is 1.69. The monoisotopic (exact) mass is 306 g/mol. The van der Waals surface area contributed by atoms with Crippen molar-refractivity contribution in [1.29, 1.82) is 0 Å². The summed E-state index contributed by atoms with van der Waals surface area (Å²) < 4.78 is 55.3. The van der Waals surface area contributed by atoms with Crippen molar-refractivity contribution in [3.8, 4) is 0 Å². The molecule has 0 N–H and O–H groups in total. The topological polar surface area (TPSA) is 43.4 Å². The summed E-state index contributed by atoms with van der Waals surface area (Å²) in [6.07, 6.45) is -4.80. The molecule has 0 unspecified atom stereocenters. The van der Waals surface area contributed by atoms with E-state index in [9.17, 15) is 27.2 Å². The van der Waals surface area contributed by atoms with Crippen molar-refractivity contribution in [2.24, 2.45) is 0 Å². The van der Waals surface area contributed by atoms with E-state index in [0.29, 0.717) is 12.1 Å². The summed E-state index contributed by atoms with van der Waals surface area (Å²) in [4.78, 5) is 22.8. The van der Waals surface area contributed by atoms with Crippen molar-refractivity contribution in [1.82, 2.24) is 0 Å². The van der Waals surface area contributed by atoms with Crippen molar-refractivity contribution < 1.29 is 31.9 Å². The summed E-state index contributed by atoms with van der Waals surface area (Å²) in [5.41, 5.74) is -1.70. The molecule has 0 aliphatic heterocycles. The summed E-state index contributed by atoms with van der Waals surface area (Å²) in [6.45, 7) is 1.86. The summed E-state index contributed by atoms with van der Waals surface area (Å²) in [5, 5.41) is 0. The van der Waals surface area contributed by atoms with Crippen LogP contribution in [-0.2, 0) is 15.7 Å². The summed E-state index contributed by atoms with van der Waals surface area (Å²) in [7, 11) is 0. The number of benzene rings is 1. The van der Waals surface area contributed by atoms with Crippen LogP contribution in [0.1, 0.15) is 42.1 Å². The number of hydrogen-bond acceptors (Lipinski definition) is 3. The molecule has 0 amide bonds. The maximum atomic E-state index is 13.1. The van der Waals surface area contributed by atoms with Crippen molar-refractivity contribution in [2.45, 2.75) is 32.4 Å². The predicted molar refractivity (Wildman–Crippen MR) is 66.2 cm³/mol. The molecule has 0 atom stereocenters. The van der Waals surface area contributed by atoms with Crippen molar-refractivity contribution in [2.75, 3.05) is 6.61 Å². The molecule has 0 spiro atoms. The normalized spacial score (nSPS) is 11.3. The van der Waals surface area contributed by atoms with Crippen molar-refractivity contribution >= 4 is 11.8 Å². The Kier molecular flexibility index (Phi) is 5.87. The second kappa shape index (κ2) is 7.19. The Hall–Kier alpha value is -1.92. The van der Waals surface area contributed by atoms with Crippen LogP contribution >= 0.6 is 0 Å². The van der Waals surface area contributed by atoms with Crippen LogP contribution < -0.4 is 0 Å². The first-order valence-electron chi connectivity index (χ1n) is 6.31. The Morgan fingerprint density at radius 1 is 1.19 bits per heavy atom. The number of halogens is 4. The summed E-state index contributed by atoms with van der Waals surface area (Å²) in [6, 6.07) is 2.10. The van der Waals surface area contributed by atoms with Crippen LogP contribution in [0.4, 0.5) is 17.6 Å². The molecule has 1 rings (SSSR count). The van der Waals surface area contributed by atoms with Crippen LogP contribution in [0.25, 0.3) is 0 Å². The van der Waals surface area contributed by atoms with Gasteiger partial charge in [0, 0.05) is 18.4 Å². The number of ether oxygens (including phenoxy) is 1. The van der Waals surface area contributed by atoms with Gasteiger partial charge in [-0.1, -0.05) is 0 Å². The quantitative estimate of drug-likeness (QED) is 0.456. The molecule has 3 nitrogen and oxygen atoms in total. The van der Waals surface area contributed by atoms with Gasteiger partial charge in [0.25, 0.3) is 0 Å². The van der Waals surface area contributed by atoms with Crippen molar-refractivity contribution in [3.05, 3.63) is 35.1 Å². The van der Waals surface area contributed by atoms with Gasteiger partial charge in [0.1, 0.15) is 5.82 Å². The lowest BCUT2D eigenvalue weighted by molar-refractivity contribution is -0.143. The van der Waals surface area contributed by atoms with Crippen LogP contribution in [0, 0.1) is 5.82 Å². The van der Waals surface area contributed by atoms with E-state index in [1.54, 1.807) is 6.92 Å². The van der Waals surface area contributed by atoms with Crippen LogP contribution in [0.2, 0.25) is 0 Å². The molecule has 0 aliphatic rings. The Bertz CT molecular complexity index is 523. The molecule has 0 aliphatic carbocycles. The molecule has 0 heterocycles. The molecule has 0 saturated carbocycles. The number of ketones is 1. The van der Waals surface area contributed by atoms with Crippen LogP contribution in [0.5, 0.6) is 0 Å². The molecule has 21 heavy (non-hydrogen) atoms. The second-order valence-electron chi connectivity index (χ2n) is 4.27. The van der Waals surface area contributed by atoms with Gasteiger partial charge in [-0.25, -0.2) is 4.39 Å². The molecule has 116 valence electrons. The minimum absolute atomic E-state index is 0.00685. The molecular formula is C14H14F4O3. The highest BCUT2D eigenvalue weighted by Crippen LogP contribution is 2.32. The van der Waals surface area contributed by atoms with Gasteiger partial charge in [0.05, 0.1) is 12.2 Å². The molecule has 1 aromatic carbocycles. The molecule has 0 bridgehead atoms. The van der Waals surface area contributed by atoms with E-state index in [0.717, 1.165) is 6.07 Å². The Labute approximate surface area is 118 Å². The molecule has 0 aromatic heterocycles. The van der Waals surface area contributed by atoms with Gasteiger partial charge in [-0.05, 0) is 31.5 Å². The van der Waals surface area contributed by atoms with Gasteiger partial charge < -0.3 is 4.74 Å². The molecule has 0 radical (unpaired) electrons. The third-order valence-electron chi connectivity index (χ3n) is 2.68. The lowest BCUT2D eigenvalue weighted by Gasteiger charge is -2.09. The summed E-state index contributed by atoms with van der Waals surface area (Å²) >= 11 is 0. The van der Waals surface area contributed by atoms with Gasteiger partial charge in [0.15, 0.2) is 5.78 Å². The second-order valence-corrected chi connectivity index (χ2v) is 4.27. The maximum absolute atomic E-state index is 13.1. The smallest absolute Gasteiger partial charge is 0.419 e. The van der Waals surface area contributed by atoms with E-state index in [1.807, 2.05) is 0 Å². The highest BCUT2D eigenvalue weighted by atomic mass is 19.4.